The summed E-state index contributed by atoms with van der Waals surface area (Å²) >= 11 is 0. The molecule has 1 aromatic carbocycles. The van der Waals surface area contributed by atoms with Gasteiger partial charge in [-0.2, -0.15) is 0 Å². The van der Waals surface area contributed by atoms with E-state index in [-0.39, 0.29) is 5.75 Å². The largest absolute Gasteiger partial charge is 0.492 e. The van der Waals surface area contributed by atoms with E-state index < -0.39 is 14.6 Å². The van der Waals surface area contributed by atoms with E-state index in [1.165, 1.54) is 5.56 Å². The van der Waals surface area contributed by atoms with E-state index in [9.17, 15) is 8.42 Å². The molecule has 1 fully saturated rings. The molecule has 0 saturated carbocycles. The van der Waals surface area contributed by atoms with Crippen LogP contribution in [-0.2, 0) is 9.84 Å². The van der Waals surface area contributed by atoms with Crippen molar-refractivity contribution in [2.75, 3.05) is 39.0 Å². The van der Waals surface area contributed by atoms with Crippen molar-refractivity contribution in [2.24, 2.45) is 4.99 Å². The smallest absolute Gasteiger partial charge is 0.193 e. The maximum Gasteiger partial charge on any atom is 0.193 e. The Hall–Kier alpha value is -1.76. The number of aryl methyl sites for hydroxylation is 1. The Kier molecular flexibility index (Phi) is 5.74. The molecule has 0 spiro atoms. The lowest BCUT2D eigenvalue weighted by molar-refractivity contribution is 0.313. The van der Waals surface area contributed by atoms with Crippen molar-refractivity contribution >= 4 is 15.8 Å². The van der Waals surface area contributed by atoms with Crippen LogP contribution in [-0.4, -0.2) is 63.1 Å². The number of hydrogen-bond acceptors (Lipinski definition) is 4. The minimum Gasteiger partial charge on any atom is -0.492 e. The highest BCUT2D eigenvalue weighted by Gasteiger charge is 2.40. The minimum absolute atomic E-state index is 0.153. The summed E-state index contributed by atoms with van der Waals surface area (Å²) in [5.74, 6) is 1.70. The number of hydrogen-bond donors (Lipinski definition) is 1. The molecule has 7 heteroatoms. The van der Waals surface area contributed by atoms with E-state index in [2.05, 4.69) is 10.3 Å². The molecule has 1 heterocycles. The van der Waals surface area contributed by atoms with Crippen LogP contribution in [0, 0.1) is 6.92 Å². The van der Waals surface area contributed by atoms with Gasteiger partial charge < -0.3 is 15.0 Å². The molecule has 0 radical (unpaired) electrons. The van der Waals surface area contributed by atoms with Crippen LogP contribution < -0.4 is 10.1 Å². The van der Waals surface area contributed by atoms with E-state index in [0.717, 1.165) is 5.75 Å². The van der Waals surface area contributed by atoms with Crippen LogP contribution in [0.4, 0.5) is 0 Å². The molecule has 0 aromatic heterocycles. The molecule has 1 saturated heterocycles. The maximum atomic E-state index is 12.1. The zero-order chi connectivity index (χ0) is 17.8. The molecular weight excluding hydrogens is 326 g/mol. The second kappa shape index (κ2) is 7.42. The van der Waals surface area contributed by atoms with E-state index in [1.54, 1.807) is 20.9 Å². The van der Waals surface area contributed by atoms with Crippen LogP contribution in [0.25, 0.3) is 0 Å². The predicted octanol–water partition coefficient (Wildman–Crippen LogP) is 1.46. The van der Waals surface area contributed by atoms with E-state index in [1.807, 2.05) is 36.1 Å². The summed E-state index contributed by atoms with van der Waals surface area (Å²) in [5, 5.41) is 3.24. The summed E-state index contributed by atoms with van der Waals surface area (Å²) in [4.78, 5) is 6.26. The number of sulfone groups is 1. The highest BCUT2D eigenvalue weighted by atomic mass is 32.2. The fraction of sp³-hybridized carbons (Fsp3) is 0.588. The standard InChI is InChI=1S/C17H27N3O3S/c1-14-5-7-15(8-6-14)23-11-9-19-16(18-4)20-10-12-24(21,22)17(2,3)13-20/h5-8H,9-13H2,1-4H3,(H,18,19). The Morgan fingerprint density at radius 3 is 2.58 bits per heavy atom. The third-order valence-electron chi connectivity index (χ3n) is 4.23. The molecule has 134 valence electrons. The van der Waals surface area contributed by atoms with Gasteiger partial charge in [0.2, 0.25) is 0 Å². The number of rotatable bonds is 4. The van der Waals surface area contributed by atoms with Gasteiger partial charge in [-0.3, -0.25) is 4.99 Å². The third-order valence-corrected chi connectivity index (χ3v) is 6.76. The normalized spacial score (nSPS) is 19.8. The molecule has 1 N–H and O–H groups in total. The van der Waals surface area contributed by atoms with Crippen LogP contribution in [0.15, 0.2) is 29.3 Å². The van der Waals surface area contributed by atoms with Gasteiger partial charge in [0.25, 0.3) is 0 Å². The number of guanidine groups is 1. The first-order valence-electron chi connectivity index (χ1n) is 8.12. The average molecular weight is 353 g/mol. The quantitative estimate of drug-likeness (QED) is 0.504. The minimum atomic E-state index is -3.05. The van der Waals surface area contributed by atoms with Crippen molar-refractivity contribution < 1.29 is 13.2 Å². The molecule has 0 unspecified atom stereocenters. The van der Waals surface area contributed by atoms with Crippen LogP contribution in [0.3, 0.4) is 0 Å². The summed E-state index contributed by atoms with van der Waals surface area (Å²) in [6.45, 7) is 7.58. The van der Waals surface area contributed by atoms with Crippen LogP contribution in [0.2, 0.25) is 0 Å². The SMILES string of the molecule is CN=C(NCCOc1ccc(C)cc1)N1CCS(=O)(=O)C(C)(C)C1. The molecule has 0 atom stereocenters. The van der Waals surface area contributed by atoms with Gasteiger partial charge in [-0.15, -0.1) is 0 Å². The van der Waals surface area contributed by atoms with Gasteiger partial charge in [0.1, 0.15) is 12.4 Å². The van der Waals surface area contributed by atoms with Crippen molar-refractivity contribution in [1.29, 1.82) is 0 Å². The lowest BCUT2D eigenvalue weighted by atomic mass is 10.2. The van der Waals surface area contributed by atoms with Crippen LogP contribution in [0.5, 0.6) is 5.75 Å². The molecule has 2 rings (SSSR count). The van der Waals surface area contributed by atoms with Crippen LogP contribution >= 0.6 is 0 Å². The Morgan fingerprint density at radius 1 is 1.33 bits per heavy atom. The van der Waals surface area contributed by atoms with Gasteiger partial charge in [0, 0.05) is 20.1 Å². The van der Waals surface area contributed by atoms with Crippen molar-refractivity contribution in [3.63, 3.8) is 0 Å². The third kappa shape index (κ3) is 4.41. The molecule has 1 aromatic rings. The Bertz CT molecular complexity index is 682. The molecule has 0 bridgehead atoms. The maximum absolute atomic E-state index is 12.1. The Balaban J connectivity index is 1.84. The van der Waals surface area contributed by atoms with Gasteiger partial charge in [-0.1, -0.05) is 17.7 Å². The van der Waals surface area contributed by atoms with Crippen molar-refractivity contribution in [3.8, 4) is 5.75 Å². The van der Waals surface area contributed by atoms with Crippen molar-refractivity contribution in [2.45, 2.75) is 25.5 Å². The summed E-state index contributed by atoms with van der Waals surface area (Å²) < 4.78 is 29.1. The Morgan fingerprint density at radius 2 is 2.00 bits per heavy atom. The zero-order valence-corrected chi connectivity index (χ0v) is 15.7. The number of benzene rings is 1. The lowest BCUT2D eigenvalue weighted by Gasteiger charge is -2.39. The van der Waals surface area contributed by atoms with E-state index >= 15 is 0 Å². The predicted molar refractivity (Wildman–Crippen MR) is 97.5 cm³/mol. The van der Waals surface area contributed by atoms with Gasteiger partial charge in [-0.05, 0) is 32.9 Å². The first-order valence-corrected chi connectivity index (χ1v) is 9.78. The highest BCUT2D eigenvalue weighted by molar-refractivity contribution is 7.92. The van der Waals surface area contributed by atoms with Gasteiger partial charge >= 0.3 is 0 Å². The van der Waals surface area contributed by atoms with Gasteiger partial charge in [0.15, 0.2) is 15.8 Å². The monoisotopic (exact) mass is 353 g/mol. The molecule has 1 aliphatic heterocycles. The lowest BCUT2D eigenvalue weighted by Crippen LogP contribution is -2.57. The second-order valence-corrected chi connectivity index (χ2v) is 9.38. The van der Waals surface area contributed by atoms with Crippen LogP contribution in [0.1, 0.15) is 19.4 Å². The number of ether oxygens (including phenoxy) is 1. The number of nitrogens with zero attached hydrogens (tertiary/aromatic N) is 2. The second-order valence-electron chi connectivity index (χ2n) is 6.64. The van der Waals surface area contributed by atoms with Gasteiger partial charge in [0.05, 0.1) is 17.0 Å². The number of nitrogens with one attached hydrogen (secondary N) is 1. The Labute approximate surface area is 144 Å². The number of aliphatic imine (C=N–C) groups is 1. The first-order chi connectivity index (χ1) is 11.2. The summed E-state index contributed by atoms with van der Waals surface area (Å²) in [6, 6.07) is 7.92. The topological polar surface area (TPSA) is 71.0 Å². The fourth-order valence-corrected chi connectivity index (χ4v) is 3.99. The summed E-state index contributed by atoms with van der Waals surface area (Å²) in [6.07, 6.45) is 0. The average Bonchev–Trinajstić information content (AvgIpc) is 2.52. The summed E-state index contributed by atoms with van der Waals surface area (Å²) in [7, 11) is -1.34. The van der Waals surface area contributed by atoms with Gasteiger partial charge in [-0.25, -0.2) is 8.42 Å². The summed E-state index contributed by atoms with van der Waals surface area (Å²) in [5.41, 5.74) is 1.20. The molecule has 0 amide bonds. The fourth-order valence-electron chi connectivity index (χ4n) is 2.62. The molecule has 1 aliphatic rings. The van der Waals surface area contributed by atoms with Crippen molar-refractivity contribution in [1.82, 2.24) is 10.2 Å². The molecule has 0 aliphatic carbocycles. The molecule has 24 heavy (non-hydrogen) atoms. The van der Waals surface area contributed by atoms with E-state index in [0.29, 0.717) is 32.2 Å². The van der Waals surface area contributed by atoms with Crippen molar-refractivity contribution in [3.05, 3.63) is 29.8 Å². The molecular formula is C17H27N3O3S. The first kappa shape index (κ1) is 18.6. The highest BCUT2D eigenvalue weighted by Crippen LogP contribution is 2.23. The molecule has 6 nitrogen and oxygen atoms in total. The zero-order valence-electron chi connectivity index (χ0n) is 14.9. The van der Waals surface area contributed by atoms with E-state index in [4.69, 9.17) is 4.74 Å².